The van der Waals surface area contributed by atoms with E-state index in [4.69, 9.17) is 23.2 Å². The molecule has 6 heteroatoms. The van der Waals surface area contributed by atoms with Gasteiger partial charge in [-0.25, -0.2) is 0 Å². The lowest BCUT2D eigenvalue weighted by molar-refractivity contribution is -0.140. The molecule has 1 atom stereocenters. The van der Waals surface area contributed by atoms with Gasteiger partial charge in [-0.3, -0.25) is 9.59 Å². The molecule has 156 valence electrons. The molecule has 2 amide bonds. The van der Waals surface area contributed by atoms with Gasteiger partial charge in [-0.2, -0.15) is 0 Å². The van der Waals surface area contributed by atoms with E-state index in [1.54, 1.807) is 23.1 Å². The zero-order chi connectivity index (χ0) is 21.6. The summed E-state index contributed by atoms with van der Waals surface area (Å²) in [5.41, 5.74) is 3.88. The molecule has 1 N–H and O–H groups in total. The van der Waals surface area contributed by atoms with Gasteiger partial charge < -0.3 is 10.2 Å². The lowest BCUT2D eigenvalue weighted by Gasteiger charge is -2.31. The van der Waals surface area contributed by atoms with Crippen LogP contribution < -0.4 is 5.32 Å². The van der Waals surface area contributed by atoms with Crippen LogP contribution in [0.4, 0.5) is 0 Å². The van der Waals surface area contributed by atoms with E-state index in [1.807, 2.05) is 45.9 Å². The first kappa shape index (κ1) is 23.2. The van der Waals surface area contributed by atoms with Gasteiger partial charge >= 0.3 is 0 Å². The fourth-order valence-electron chi connectivity index (χ4n) is 3.30. The van der Waals surface area contributed by atoms with E-state index in [1.165, 1.54) is 0 Å². The minimum atomic E-state index is -0.570. The highest BCUT2D eigenvalue weighted by Crippen LogP contribution is 2.24. The molecule has 29 heavy (non-hydrogen) atoms. The van der Waals surface area contributed by atoms with Crippen molar-refractivity contribution in [3.63, 3.8) is 0 Å². The first-order valence-electron chi connectivity index (χ1n) is 9.84. The van der Waals surface area contributed by atoms with Crippen molar-refractivity contribution < 1.29 is 9.59 Å². The van der Waals surface area contributed by atoms with Gasteiger partial charge in [-0.15, -0.1) is 0 Å². The van der Waals surface area contributed by atoms with Gasteiger partial charge in [0.05, 0.1) is 6.42 Å². The first-order chi connectivity index (χ1) is 13.8. The smallest absolute Gasteiger partial charge is 0.242 e. The molecule has 2 aromatic carbocycles. The standard InChI is InChI=1S/C23H28Cl2N2O2/c1-5-21(23(29)26-6-2)27(14-17-9-10-19(24)13-20(17)25)22(28)12-18-11-15(3)7-8-16(18)4/h7-11,13,21H,5-6,12,14H2,1-4H3,(H,26,29)/t21-/m1/s1. The summed E-state index contributed by atoms with van der Waals surface area (Å²) in [6, 6.07) is 10.7. The molecule has 2 aromatic rings. The first-order valence-corrected chi connectivity index (χ1v) is 10.6. The summed E-state index contributed by atoms with van der Waals surface area (Å²) in [6.07, 6.45) is 0.740. The zero-order valence-electron chi connectivity index (χ0n) is 17.4. The minimum absolute atomic E-state index is 0.109. The predicted octanol–water partition coefficient (Wildman–Crippen LogP) is 5.10. The summed E-state index contributed by atoms with van der Waals surface area (Å²) < 4.78 is 0. The fraction of sp³-hybridized carbons (Fsp3) is 0.391. The van der Waals surface area contributed by atoms with Gasteiger partial charge in [-0.1, -0.05) is 60.0 Å². The molecule has 0 radical (unpaired) electrons. The second-order valence-electron chi connectivity index (χ2n) is 7.18. The molecule has 0 saturated heterocycles. The third-order valence-corrected chi connectivity index (χ3v) is 5.53. The number of benzene rings is 2. The monoisotopic (exact) mass is 434 g/mol. The van der Waals surface area contributed by atoms with Crippen LogP contribution in [0.15, 0.2) is 36.4 Å². The van der Waals surface area contributed by atoms with Crippen molar-refractivity contribution in [3.05, 3.63) is 68.7 Å². The van der Waals surface area contributed by atoms with Crippen LogP contribution in [0.25, 0.3) is 0 Å². The Bertz CT molecular complexity index is 883. The molecular formula is C23H28Cl2N2O2. The van der Waals surface area contributed by atoms with Crippen LogP contribution in [-0.4, -0.2) is 29.3 Å². The van der Waals surface area contributed by atoms with Crippen LogP contribution in [0.5, 0.6) is 0 Å². The number of amides is 2. The maximum Gasteiger partial charge on any atom is 0.242 e. The van der Waals surface area contributed by atoms with Crippen LogP contribution >= 0.6 is 23.2 Å². The zero-order valence-corrected chi connectivity index (χ0v) is 18.9. The quantitative estimate of drug-likeness (QED) is 0.628. The van der Waals surface area contributed by atoms with Gasteiger partial charge in [0.1, 0.15) is 6.04 Å². The van der Waals surface area contributed by atoms with Gasteiger partial charge in [0.2, 0.25) is 11.8 Å². The Hall–Kier alpha value is -2.04. The molecule has 4 nitrogen and oxygen atoms in total. The van der Waals surface area contributed by atoms with E-state index in [-0.39, 0.29) is 24.8 Å². The van der Waals surface area contributed by atoms with Gasteiger partial charge in [0.15, 0.2) is 0 Å². The molecule has 0 aliphatic heterocycles. The number of carbonyl (C=O) groups is 2. The number of nitrogens with zero attached hydrogens (tertiary/aromatic N) is 1. The van der Waals surface area contributed by atoms with Crippen molar-refractivity contribution in [2.75, 3.05) is 6.54 Å². The normalized spacial score (nSPS) is 11.8. The summed E-state index contributed by atoms with van der Waals surface area (Å²) in [5.74, 6) is -0.266. The van der Waals surface area contributed by atoms with Gasteiger partial charge in [0.25, 0.3) is 0 Å². The van der Waals surface area contributed by atoms with E-state index in [0.29, 0.717) is 23.0 Å². The van der Waals surface area contributed by atoms with Crippen LogP contribution in [0.3, 0.4) is 0 Å². The summed E-state index contributed by atoms with van der Waals surface area (Å²) >= 11 is 12.4. The van der Waals surface area contributed by atoms with Crippen molar-refractivity contribution in [1.29, 1.82) is 0 Å². The molecule has 0 aliphatic rings. The largest absolute Gasteiger partial charge is 0.355 e. The molecule has 0 aliphatic carbocycles. The number of aryl methyl sites for hydroxylation is 2. The summed E-state index contributed by atoms with van der Waals surface area (Å²) in [4.78, 5) is 27.6. The molecule has 0 fully saturated rings. The second-order valence-corrected chi connectivity index (χ2v) is 8.03. The highest BCUT2D eigenvalue weighted by atomic mass is 35.5. The van der Waals surface area contributed by atoms with E-state index in [9.17, 15) is 9.59 Å². The molecule has 0 aromatic heterocycles. The second kappa shape index (κ2) is 10.7. The van der Waals surface area contributed by atoms with Crippen molar-refractivity contribution in [2.45, 2.75) is 53.1 Å². The number of carbonyl (C=O) groups excluding carboxylic acids is 2. The molecule has 0 bridgehead atoms. The number of nitrogens with one attached hydrogen (secondary N) is 1. The van der Waals surface area contributed by atoms with Crippen molar-refractivity contribution in [2.24, 2.45) is 0 Å². The SMILES string of the molecule is CCNC(=O)[C@@H](CC)N(Cc1ccc(Cl)cc1Cl)C(=O)Cc1cc(C)ccc1C. The van der Waals surface area contributed by atoms with Crippen molar-refractivity contribution in [3.8, 4) is 0 Å². The van der Waals surface area contributed by atoms with Crippen LogP contribution in [0.2, 0.25) is 10.0 Å². The summed E-state index contributed by atoms with van der Waals surface area (Å²) in [6.45, 7) is 8.52. The van der Waals surface area contributed by atoms with E-state index in [0.717, 1.165) is 22.3 Å². The Labute approximate surface area is 183 Å². The molecule has 2 rings (SSSR count). The summed E-state index contributed by atoms with van der Waals surface area (Å²) in [7, 11) is 0. The number of rotatable bonds is 8. The maximum absolute atomic E-state index is 13.3. The minimum Gasteiger partial charge on any atom is -0.355 e. The Morgan fingerprint density at radius 1 is 1.03 bits per heavy atom. The lowest BCUT2D eigenvalue weighted by Crippen LogP contribution is -2.49. The highest BCUT2D eigenvalue weighted by Gasteiger charge is 2.29. The van der Waals surface area contributed by atoms with E-state index < -0.39 is 6.04 Å². The van der Waals surface area contributed by atoms with Crippen molar-refractivity contribution >= 4 is 35.0 Å². The highest BCUT2D eigenvalue weighted by molar-refractivity contribution is 6.35. The van der Waals surface area contributed by atoms with Gasteiger partial charge in [0, 0.05) is 23.1 Å². The maximum atomic E-state index is 13.3. The average Bonchev–Trinajstić information content (AvgIpc) is 2.66. The van der Waals surface area contributed by atoms with Crippen LogP contribution in [-0.2, 0) is 22.6 Å². The van der Waals surface area contributed by atoms with E-state index in [2.05, 4.69) is 5.32 Å². The molecule has 0 unspecified atom stereocenters. The molecular weight excluding hydrogens is 407 g/mol. The number of hydrogen-bond donors (Lipinski definition) is 1. The Balaban J connectivity index is 2.37. The fourth-order valence-corrected chi connectivity index (χ4v) is 3.77. The topological polar surface area (TPSA) is 49.4 Å². The van der Waals surface area contributed by atoms with Crippen molar-refractivity contribution in [1.82, 2.24) is 10.2 Å². The number of hydrogen-bond acceptors (Lipinski definition) is 2. The number of likely N-dealkylation sites (N-methyl/N-ethyl adjacent to an activating group) is 1. The molecule has 0 spiro atoms. The third kappa shape index (κ3) is 6.22. The average molecular weight is 435 g/mol. The lowest BCUT2D eigenvalue weighted by atomic mass is 10.0. The van der Waals surface area contributed by atoms with Crippen LogP contribution in [0, 0.1) is 13.8 Å². The molecule has 0 heterocycles. The third-order valence-electron chi connectivity index (χ3n) is 4.94. The predicted molar refractivity (Wildman–Crippen MR) is 119 cm³/mol. The Morgan fingerprint density at radius 3 is 2.38 bits per heavy atom. The van der Waals surface area contributed by atoms with E-state index >= 15 is 0 Å². The Kier molecular flexibility index (Phi) is 8.54. The summed E-state index contributed by atoms with van der Waals surface area (Å²) in [5, 5.41) is 3.85. The molecule has 0 saturated carbocycles. The Morgan fingerprint density at radius 2 is 1.76 bits per heavy atom. The number of halogens is 2. The van der Waals surface area contributed by atoms with Gasteiger partial charge in [-0.05, 0) is 56.0 Å². The van der Waals surface area contributed by atoms with Crippen LogP contribution in [0.1, 0.15) is 42.5 Å².